The number of hydrogen-bond acceptors (Lipinski definition) is 3. The number of hydrogen-bond donors (Lipinski definition) is 2. The Morgan fingerprint density at radius 1 is 1.60 bits per heavy atom. The van der Waals surface area contributed by atoms with E-state index in [1.54, 1.807) is 0 Å². The molecule has 2 unspecified atom stereocenters. The van der Waals surface area contributed by atoms with Gasteiger partial charge < -0.3 is 10.6 Å². The van der Waals surface area contributed by atoms with Gasteiger partial charge in [0.05, 0.1) is 6.04 Å². The second kappa shape index (κ2) is 6.08. The van der Waals surface area contributed by atoms with Crippen LogP contribution in [0.15, 0.2) is 0 Å². The van der Waals surface area contributed by atoms with Crippen molar-refractivity contribution in [1.29, 1.82) is 0 Å². The van der Waals surface area contributed by atoms with Gasteiger partial charge in [0.15, 0.2) is 0 Å². The summed E-state index contributed by atoms with van der Waals surface area (Å²) >= 11 is 0. The first-order valence-corrected chi connectivity index (χ1v) is 5.85. The Hall–Kier alpha value is -0.610. The Labute approximate surface area is 92.4 Å². The molecule has 1 aliphatic heterocycles. The zero-order chi connectivity index (χ0) is 11.3. The van der Waals surface area contributed by atoms with E-state index in [0.717, 1.165) is 26.2 Å². The van der Waals surface area contributed by atoms with Gasteiger partial charge in [-0.3, -0.25) is 9.69 Å². The predicted octanol–water partition coefficient (Wildman–Crippen LogP) is 0.0523. The average Bonchev–Trinajstić information content (AvgIpc) is 2.66. The highest BCUT2D eigenvalue weighted by Gasteiger charge is 2.28. The van der Waals surface area contributed by atoms with Gasteiger partial charge in [0.25, 0.3) is 0 Å². The van der Waals surface area contributed by atoms with Crippen LogP contribution in [0.1, 0.15) is 20.3 Å². The molecule has 0 bridgehead atoms. The summed E-state index contributed by atoms with van der Waals surface area (Å²) < 4.78 is 0. The van der Waals surface area contributed by atoms with Gasteiger partial charge >= 0.3 is 0 Å². The normalized spacial score (nSPS) is 24.1. The summed E-state index contributed by atoms with van der Waals surface area (Å²) in [6.07, 6.45) is 1.20. The topological polar surface area (TPSA) is 44.4 Å². The molecule has 88 valence electrons. The van der Waals surface area contributed by atoms with Crippen LogP contribution in [-0.4, -0.2) is 50.1 Å². The standard InChI is InChI=1S/C11H23N3O/c1-4-13-11(15)9(2)14-6-5-10(8-14)7-12-3/h9-10,12H,4-8H2,1-3H3,(H,13,15). The molecule has 15 heavy (non-hydrogen) atoms. The summed E-state index contributed by atoms with van der Waals surface area (Å²) in [5, 5.41) is 6.07. The van der Waals surface area contributed by atoms with Crippen molar-refractivity contribution >= 4 is 5.91 Å². The third kappa shape index (κ3) is 3.47. The Morgan fingerprint density at radius 3 is 2.93 bits per heavy atom. The molecule has 0 aliphatic carbocycles. The van der Waals surface area contributed by atoms with Crippen molar-refractivity contribution in [3.63, 3.8) is 0 Å². The van der Waals surface area contributed by atoms with E-state index >= 15 is 0 Å². The molecule has 2 atom stereocenters. The van der Waals surface area contributed by atoms with Crippen LogP contribution in [-0.2, 0) is 4.79 Å². The summed E-state index contributed by atoms with van der Waals surface area (Å²) in [5.41, 5.74) is 0. The third-order valence-corrected chi connectivity index (χ3v) is 3.09. The predicted molar refractivity (Wildman–Crippen MR) is 61.8 cm³/mol. The zero-order valence-corrected chi connectivity index (χ0v) is 10.0. The van der Waals surface area contributed by atoms with Crippen LogP contribution in [0.4, 0.5) is 0 Å². The van der Waals surface area contributed by atoms with Crippen LogP contribution >= 0.6 is 0 Å². The van der Waals surface area contributed by atoms with E-state index in [2.05, 4.69) is 15.5 Å². The van der Waals surface area contributed by atoms with Gasteiger partial charge in [-0.05, 0) is 46.3 Å². The maximum atomic E-state index is 11.6. The van der Waals surface area contributed by atoms with Crippen LogP contribution < -0.4 is 10.6 Å². The van der Waals surface area contributed by atoms with Crippen molar-refractivity contribution in [3.05, 3.63) is 0 Å². The van der Waals surface area contributed by atoms with Gasteiger partial charge in [0.1, 0.15) is 0 Å². The molecule has 4 nitrogen and oxygen atoms in total. The molecule has 1 heterocycles. The second-order valence-corrected chi connectivity index (χ2v) is 4.28. The molecular weight excluding hydrogens is 190 g/mol. The average molecular weight is 213 g/mol. The number of carbonyl (C=O) groups is 1. The molecule has 0 aromatic carbocycles. The van der Waals surface area contributed by atoms with Crippen LogP contribution in [0, 0.1) is 5.92 Å². The highest BCUT2D eigenvalue weighted by molar-refractivity contribution is 5.81. The minimum atomic E-state index is 0.0202. The van der Waals surface area contributed by atoms with E-state index in [1.165, 1.54) is 6.42 Å². The minimum Gasteiger partial charge on any atom is -0.355 e. The number of likely N-dealkylation sites (tertiary alicyclic amines) is 1. The lowest BCUT2D eigenvalue weighted by Crippen LogP contribution is -2.44. The maximum absolute atomic E-state index is 11.6. The first-order valence-electron chi connectivity index (χ1n) is 5.85. The number of likely N-dealkylation sites (N-methyl/N-ethyl adjacent to an activating group) is 1. The van der Waals surface area contributed by atoms with Gasteiger partial charge in [-0.25, -0.2) is 0 Å². The molecule has 1 rings (SSSR count). The number of amides is 1. The lowest BCUT2D eigenvalue weighted by atomic mass is 10.1. The van der Waals surface area contributed by atoms with E-state index in [-0.39, 0.29) is 11.9 Å². The highest BCUT2D eigenvalue weighted by atomic mass is 16.2. The van der Waals surface area contributed by atoms with Crippen molar-refractivity contribution in [3.8, 4) is 0 Å². The Morgan fingerprint density at radius 2 is 2.33 bits per heavy atom. The Balaban J connectivity index is 2.35. The summed E-state index contributed by atoms with van der Waals surface area (Å²) in [6, 6.07) is 0.0202. The van der Waals surface area contributed by atoms with Crippen molar-refractivity contribution in [1.82, 2.24) is 15.5 Å². The van der Waals surface area contributed by atoms with E-state index < -0.39 is 0 Å². The largest absolute Gasteiger partial charge is 0.355 e. The smallest absolute Gasteiger partial charge is 0.237 e. The van der Waals surface area contributed by atoms with Gasteiger partial charge in [-0.2, -0.15) is 0 Å². The zero-order valence-electron chi connectivity index (χ0n) is 10.0. The summed E-state index contributed by atoms with van der Waals surface area (Å²) in [5.74, 6) is 0.856. The molecule has 1 aliphatic rings. The number of carbonyl (C=O) groups excluding carboxylic acids is 1. The minimum absolute atomic E-state index is 0.0202. The summed E-state index contributed by atoms with van der Waals surface area (Å²) in [4.78, 5) is 13.9. The molecule has 0 saturated carbocycles. The fourth-order valence-electron chi connectivity index (χ4n) is 2.16. The quantitative estimate of drug-likeness (QED) is 0.678. The first-order chi connectivity index (χ1) is 7.19. The van der Waals surface area contributed by atoms with Crippen molar-refractivity contribution in [2.45, 2.75) is 26.3 Å². The second-order valence-electron chi connectivity index (χ2n) is 4.28. The van der Waals surface area contributed by atoms with Crippen LogP contribution in [0.25, 0.3) is 0 Å². The van der Waals surface area contributed by atoms with E-state index in [1.807, 2.05) is 20.9 Å². The number of nitrogens with one attached hydrogen (secondary N) is 2. The summed E-state index contributed by atoms with van der Waals surface area (Å²) in [6.45, 7) is 7.81. The van der Waals surface area contributed by atoms with Gasteiger partial charge in [0.2, 0.25) is 5.91 Å². The van der Waals surface area contributed by atoms with E-state index in [4.69, 9.17) is 0 Å². The molecule has 2 N–H and O–H groups in total. The third-order valence-electron chi connectivity index (χ3n) is 3.09. The van der Waals surface area contributed by atoms with Crippen LogP contribution in [0.2, 0.25) is 0 Å². The number of rotatable bonds is 5. The molecule has 0 radical (unpaired) electrons. The lowest BCUT2D eigenvalue weighted by molar-refractivity contribution is -0.125. The monoisotopic (exact) mass is 213 g/mol. The number of nitrogens with zero attached hydrogens (tertiary/aromatic N) is 1. The van der Waals surface area contributed by atoms with Crippen LogP contribution in [0.3, 0.4) is 0 Å². The molecule has 1 amide bonds. The van der Waals surface area contributed by atoms with E-state index in [9.17, 15) is 4.79 Å². The lowest BCUT2D eigenvalue weighted by Gasteiger charge is -2.23. The molecule has 0 aromatic rings. The first kappa shape index (κ1) is 12.5. The van der Waals surface area contributed by atoms with Gasteiger partial charge in [0, 0.05) is 13.1 Å². The van der Waals surface area contributed by atoms with Crippen molar-refractivity contribution in [2.24, 2.45) is 5.92 Å². The van der Waals surface area contributed by atoms with Gasteiger partial charge in [-0.1, -0.05) is 0 Å². The molecule has 0 aromatic heterocycles. The Bertz CT molecular complexity index is 208. The maximum Gasteiger partial charge on any atom is 0.237 e. The molecule has 0 spiro atoms. The SMILES string of the molecule is CCNC(=O)C(C)N1CCC(CNC)C1. The fraction of sp³-hybridized carbons (Fsp3) is 0.909. The van der Waals surface area contributed by atoms with Crippen molar-refractivity contribution in [2.75, 3.05) is 33.2 Å². The van der Waals surface area contributed by atoms with Crippen LogP contribution in [0.5, 0.6) is 0 Å². The fourth-order valence-corrected chi connectivity index (χ4v) is 2.16. The highest BCUT2D eigenvalue weighted by Crippen LogP contribution is 2.17. The van der Waals surface area contributed by atoms with E-state index in [0.29, 0.717) is 5.92 Å². The molecule has 1 saturated heterocycles. The molecular formula is C11H23N3O. The molecule has 1 fully saturated rings. The van der Waals surface area contributed by atoms with Gasteiger partial charge in [-0.15, -0.1) is 0 Å². The van der Waals surface area contributed by atoms with Crippen molar-refractivity contribution < 1.29 is 4.79 Å². The molecule has 4 heteroatoms. The Kier molecular flexibility index (Phi) is 5.05. The summed E-state index contributed by atoms with van der Waals surface area (Å²) in [7, 11) is 1.98.